The van der Waals surface area contributed by atoms with Crippen LogP contribution < -0.4 is 0 Å². The van der Waals surface area contributed by atoms with Crippen LogP contribution in [0.2, 0.25) is 0 Å². The first-order valence-corrected chi connectivity index (χ1v) is 6.80. The fourth-order valence-corrected chi connectivity index (χ4v) is 3.13. The smallest absolute Gasteiger partial charge is 0.0697 e. The molecule has 1 nitrogen and oxygen atoms in total. The zero-order valence-corrected chi connectivity index (χ0v) is 10.9. The zero-order chi connectivity index (χ0) is 12.3. The number of hydrogen-bond acceptors (Lipinski definition) is 1. The molecule has 2 heteroatoms. The van der Waals surface area contributed by atoms with Crippen molar-refractivity contribution in [2.45, 2.75) is 23.5 Å². The highest BCUT2D eigenvalue weighted by Gasteiger charge is 2.28. The average molecular weight is 244 g/mol. The molecule has 2 aromatic rings. The predicted molar refractivity (Wildman–Crippen MR) is 72.3 cm³/mol. The third kappa shape index (κ3) is 2.47. The molecule has 0 saturated carbocycles. The van der Waals surface area contributed by atoms with E-state index >= 15 is 0 Å². The lowest BCUT2D eigenvalue weighted by Crippen LogP contribution is -2.23. The first-order valence-electron chi connectivity index (χ1n) is 5.65. The van der Waals surface area contributed by atoms with Crippen molar-refractivity contribution < 1.29 is 4.21 Å². The maximum atomic E-state index is 12.6. The Bertz CT molecular complexity index is 503. The van der Waals surface area contributed by atoms with Gasteiger partial charge in [0, 0.05) is 4.90 Å². The summed E-state index contributed by atoms with van der Waals surface area (Å²) in [6.07, 6.45) is 0. The van der Waals surface area contributed by atoms with E-state index in [0.29, 0.717) is 0 Å². The van der Waals surface area contributed by atoms with Gasteiger partial charge in [-0.3, -0.25) is 4.21 Å². The Kier molecular flexibility index (Phi) is 3.43. The predicted octanol–water partition coefficient (Wildman–Crippen LogP) is 3.73. The Morgan fingerprint density at radius 2 is 1.29 bits per heavy atom. The van der Waals surface area contributed by atoms with Gasteiger partial charge in [-0.2, -0.15) is 0 Å². The van der Waals surface area contributed by atoms with Gasteiger partial charge in [-0.1, -0.05) is 48.5 Å². The van der Waals surface area contributed by atoms with E-state index in [0.717, 1.165) is 10.5 Å². The van der Waals surface area contributed by atoms with Gasteiger partial charge in [-0.15, -0.1) is 0 Å². The van der Waals surface area contributed by atoms with E-state index in [2.05, 4.69) is 0 Å². The number of benzene rings is 2. The molecule has 17 heavy (non-hydrogen) atoms. The molecule has 0 bridgehead atoms. The maximum absolute atomic E-state index is 12.6. The highest BCUT2D eigenvalue weighted by molar-refractivity contribution is 7.86. The van der Waals surface area contributed by atoms with Gasteiger partial charge in [0.2, 0.25) is 0 Å². The minimum Gasteiger partial charge on any atom is -0.253 e. The molecule has 2 rings (SSSR count). The van der Waals surface area contributed by atoms with Crippen molar-refractivity contribution in [1.29, 1.82) is 0 Å². The molecular weight excluding hydrogens is 228 g/mol. The molecule has 0 aliphatic carbocycles. The van der Waals surface area contributed by atoms with Crippen LogP contribution in [0.1, 0.15) is 19.4 Å². The zero-order valence-electron chi connectivity index (χ0n) is 10.1. The van der Waals surface area contributed by atoms with Crippen LogP contribution in [0.3, 0.4) is 0 Å². The fraction of sp³-hybridized carbons (Fsp3) is 0.200. The summed E-state index contributed by atoms with van der Waals surface area (Å²) in [6, 6.07) is 19.6. The topological polar surface area (TPSA) is 17.1 Å². The lowest BCUT2D eigenvalue weighted by molar-refractivity contribution is 0.643. The first kappa shape index (κ1) is 12.1. The molecule has 0 N–H and O–H groups in total. The van der Waals surface area contributed by atoms with E-state index in [4.69, 9.17) is 0 Å². The van der Waals surface area contributed by atoms with Gasteiger partial charge < -0.3 is 0 Å². The molecule has 88 valence electrons. The van der Waals surface area contributed by atoms with E-state index in [1.807, 2.05) is 74.5 Å². The quantitative estimate of drug-likeness (QED) is 0.804. The molecule has 0 aliphatic rings. The molecule has 0 heterocycles. The van der Waals surface area contributed by atoms with Gasteiger partial charge >= 0.3 is 0 Å². The monoisotopic (exact) mass is 244 g/mol. The van der Waals surface area contributed by atoms with Gasteiger partial charge in [0.25, 0.3) is 0 Å². The molecule has 0 radical (unpaired) electrons. The molecule has 1 unspecified atom stereocenters. The Labute approximate surface area is 105 Å². The van der Waals surface area contributed by atoms with Crippen LogP contribution >= 0.6 is 0 Å². The van der Waals surface area contributed by atoms with Crippen LogP contribution in [-0.4, -0.2) is 4.21 Å². The van der Waals surface area contributed by atoms with Crippen molar-refractivity contribution in [2.24, 2.45) is 0 Å². The van der Waals surface area contributed by atoms with Crippen molar-refractivity contribution in [1.82, 2.24) is 0 Å². The third-order valence-electron chi connectivity index (χ3n) is 2.89. The van der Waals surface area contributed by atoms with Gasteiger partial charge in [0.15, 0.2) is 0 Å². The van der Waals surface area contributed by atoms with E-state index in [-0.39, 0.29) is 4.75 Å². The van der Waals surface area contributed by atoms with Crippen molar-refractivity contribution in [2.75, 3.05) is 0 Å². The second kappa shape index (κ2) is 4.84. The van der Waals surface area contributed by atoms with Crippen LogP contribution in [0.15, 0.2) is 65.6 Å². The molecule has 0 fully saturated rings. The third-order valence-corrected chi connectivity index (χ3v) is 4.75. The number of hydrogen-bond donors (Lipinski definition) is 0. The van der Waals surface area contributed by atoms with Gasteiger partial charge in [-0.05, 0) is 31.5 Å². The molecule has 0 aromatic heterocycles. The minimum absolute atomic E-state index is 0.372. The molecule has 0 saturated heterocycles. The summed E-state index contributed by atoms with van der Waals surface area (Å²) < 4.78 is 12.2. The van der Waals surface area contributed by atoms with Crippen LogP contribution in [-0.2, 0) is 15.5 Å². The summed E-state index contributed by atoms with van der Waals surface area (Å²) in [6.45, 7) is 4.04. The summed E-state index contributed by atoms with van der Waals surface area (Å²) in [4.78, 5) is 0.876. The summed E-state index contributed by atoms with van der Waals surface area (Å²) >= 11 is 0. The Hall–Kier alpha value is -1.41. The van der Waals surface area contributed by atoms with Crippen LogP contribution in [0.5, 0.6) is 0 Å². The van der Waals surface area contributed by atoms with Crippen molar-refractivity contribution in [3.05, 3.63) is 66.2 Å². The minimum atomic E-state index is -1.04. The van der Waals surface area contributed by atoms with Crippen molar-refractivity contribution in [3.63, 3.8) is 0 Å². The Morgan fingerprint density at radius 3 is 1.82 bits per heavy atom. The normalized spacial score (nSPS) is 13.3. The van der Waals surface area contributed by atoms with Gasteiger partial charge in [-0.25, -0.2) is 0 Å². The maximum Gasteiger partial charge on any atom is 0.0697 e. The van der Waals surface area contributed by atoms with E-state index in [9.17, 15) is 4.21 Å². The highest BCUT2D eigenvalue weighted by Crippen LogP contribution is 2.31. The molecule has 2 aromatic carbocycles. The Balaban J connectivity index is 2.37. The molecule has 0 amide bonds. The van der Waals surface area contributed by atoms with E-state index in [1.54, 1.807) is 0 Å². The largest absolute Gasteiger partial charge is 0.253 e. The molecular formula is C15H16OS. The van der Waals surface area contributed by atoms with Crippen molar-refractivity contribution >= 4 is 10.8 Å². The van der Waals surface area contributed by atoms with Crippen LogP contribution in [0.25, 0.3) is 0 Å². The fourth-order valence-electron chi connectivity index (χ4n) is 1.79. The lowest BCUT2D eigenvalue weighted by atomic mass is 10.0. The molecule has 1 atom stereocenters. The van der Waals surface area contributed by atoms with Gasteiger partial charge in [0.05, 0.1) is 15.5 Å². The van der Waals surface area contributed by atoms with E-state index < -0.39 is 10.8 Å². The molecule has 0 aliphatic heterocycles. The molecule has 0 spiro atoms. The Morgan fingerprint density at radius 1 is 0.824 bits per heavy atom. The first-order chi connectivity index (χ1) is 8.12. The summed E-state index contributed by atoms with van der Waals surface area (Å²) in [5, 5.41) is 0. The standard InChI is InChI=1S/C15H16OS/c1-15(2,13-9-5-3-6-10-13)17(16)14-11-7-4-8-12-14/h3-12H,1-2H3. The lowest BCUT2D eigenvalue weighted by Gasteiger charge is -2.24. The van der Waals surface area contributed by atoms with Crippen LogP contribution in [0, 0.1) is 0 Å². The highest BCUT2D eigenvalue weighted by atomic mass is 32.2. The number of rotatable bonds is 3. The SMILES string of the molecule is CC(C)(c1ccccc1)S(=O)c1ccccc1. The summed E-state index contributed by atoms with van der Waals surface area (Å²) in [5.74, 6) is 0. The second-order valence-corrected chi connectivity index (χ2v) is 6.49. The van der Waals surface area contributed by atoms with E-state index in [1.165, 1.54) is 0 Å². The second-order valence-electron chi connectivity index (χ2n) is 4.46. The van der Waals surface area contributed by atoms with Crippen molar-refractivity contribution in [3.8, 4) is 0 Å². The van der Waals surface area contributed by atoms with Crippen LogP contribution in [0.4, 0.5) is 0 Å². The summed E-state index contributed by atoms with van der Waals surface area (Å²) in [7, 11) is -1.04. The average Bonchev–Trinajstić information content (AvgIpc) is 2.40. The summed E-state index contributed by atoms with van der Waals surface area (Å²) in [5.41, 5.74) is 1.10. The van der Waals surface area contributed by atoms with Gasteiger partial charge in [0.1, 0.15) is 0 Å².